The lowest BCUT2D eigenvalue weighted by molar-refractivity contribution is -0.119. The molecular formula is C16H24Br2N6O2. The molecule has 0 aliphatic rings. The van der Waals surface area contributed by atoms with Gasteiger partial charge in [0.05, 0.1) is 5.33 Å². The first-order valence-electron chi connectivity index (χ1n) is 7.76. The zero-order valence-corrected chi connectivity index (χ0v) is 18.0. The van der Waals surface area contributed by atoms with Crippen LogP contribution in [0.1, 0.15) is 13.8 Å². The fourth-order valence-electron chi connectivity index (χ4n) is 1.58. The molecule has 3 aromatic heterocycles. The van der Waals surface area contributed by atoms with Crippen LogP contribution in [-0.4, -0.2) is 49.2 Å². The SMILES string of the molecule is Br.CCOC(CBr)OCC.Nc1ncccn1.c1cnc2nccn2c1. The maximum Gasteiger partial charge on any atom is 0.233 e. The molecule has 0 atom stereocenters. The lowest BCUT2D eigenvalue weighted by Gasteiger charge is -2.12. The first kappa shape index (κ1) is 24.4. The second kappa shape index (κ2) is 15.6. The fourth-order valence-corrected chi connectivity index (χ4v) is 1.96. The van der Waals surface area contributed by atoms with Gasteiger partial charge < -0.3 is 15.2 Å². The highest BCUT2D eigenvalue weighted by Crippen LogP contribution is 1.98. The van der Waals surface area contributed by atoms with Gasteiger partial charge in [-0.15, -0.1) is 17.0 Å². The lowest BCUT2D eigenvalue weighted by atomic mass is 10.7. The monoisotopic (exact) mass is 490 g/mol. The van der Waals surface area contributed by atoms with E-state index in [0.29, 0.717) is 19.2 Å². The summed E-state index contributed by atoms with van der Waals surface area (Å²) in [6.07, 6.45) is 10.4. The Bertz CT molecular complexity index is 650. The number of fused-ring (bicyclic) bond motifs is 1. The van der Waals surface area contributed by atoms with Gasteiger partial charge in [-0.25, -0.2) is 19.9 Å². The third-order valence-electron chi connectivity index (χ3n) is 2.59. The molecule has 0 aliphatic carbocycles. The minimum atomic E-state index is -0.0694. The highest BCUT2D eigenvalue weighted by atomic mass is 79.9. The fraction of sp³-hybridized carbons (Fsp3) is 0.375. The van der Waals surface area contributed by atoms with E-state index >= 15 is 0 Å². The Morgan fingerprint density at radius 1 is 0.962 bits per heavy atom. The largest absolute Gasteiger partial charge is 0.368 e. The minimum Gasteiger partial charge on any atom is -0.368 e. The van der Waals surface area contributed by atoms with Crippen LogP contribution >= 0.6 is 32.9 Å². The molecule has 0 aliphatic heterocycles. The number of aromatic nitrogens is 5. The molecule has 0 amide bonds. The van der Waals surface area contributed by atoms with Crippen molar-refractivity contribution < 1.29 is 9.47 Å². The number of halogens is 2. The molecule has 2 N–H and O–H groups in total. The van der Waals surface area contributed by atoms with E-state index in [0.717, 1.165) is 11.1 Å². The normalized spacial score (nSPS) is 9.54. The maximum atomic E-state index is 5.16. The van der Waals surface area contributed by atoms with Crippen LogP contribution in [0.5, 0.6) is 0 Å². The molecule has 0 unspecified atom stereocenters. The highest BCUT2D eigenvalue weighted by Gasteiger charge is 2.02. The third-order valence-corrected chi connectivity index (χ3v) is 3.12. The average Bonchev–Trinajstić information content (AvgIpc) is 3.12. The van der Waals surface area contributed by atoms with Crippen molar-refractivity contribution in [3.63, 3.8) is 0 Å². The first-order chi connectivity index (χ1) is 12.2. The number of nitrogen functional groups attached to an aromatic ring is 1. The van der Waals surface area contributed by atoms with Crippen molar-refractivity contribution in [3.05, 3.63) is 49.3 Å². The molecule has 0 saturated heterocycles. The van der Waals surface area contributed by atoms with Gasteiger partial charge >= 0.3 is 0 Å². The molecule has 3 heterocycles. The summed E-state index contributed by atoms with van der Waals surface area (Å²) in [7, 11) is 0. The summed E-state index contributed by atoms with van der Waals surface area (Å²) in [5.74, 6) is 1.07. The lowest BCUT2D eigenvalue weighted by Crippen LogP contribution is -2.18. The summed E-state index contributed by atoms with van der Waals surface area (Å²) >= 11 is 3.27. The Balaban J connectivity index is 0.000000357. The summed E-state index contributed by atoms with van der Waals surface area (Å²) in [6.45, 7) is 5.32. The number of alkyl halides is 1. The summed E-state index contributed by atoms with van der Waals surface area (Å²) in [6, 6.07) is 3.59. The van der Waals surface area contributed by atoms with E-state index < -0.39 is 0 Å². The van der Waals surface area contributed by atoms with Gasteiger partial charge in [-0.1, -0.05) is 15.9 Å². The van der Waals surface area contributed by atoms with Crippen molar-refractivity contribution in [1.29, 1.82) is 0 Å². The average molecular weight is 492 g/mol. The Labute approximate surface area is 172 Å². The quantitative estimate of drug-likeness (QED) is 0.432. The first-order valence-corrected chi connectivity index (χ1v) is 8.88. The van der Waals surface area contributed by atoms with Gasteiger partial charge in [0.25, 0.3) is 0 Å². The van der Waals surface area contributed by atoms with Crippen LogP contribution in [0.4, 0.5) is 5.95 Å². The van der Waals surface area contributed by atoms with Crippen LogP contribution in [0.25, 0.3) is 5.78 Å². The highest BCUT2D eigenvalue weighted by molar-refractivity contribution is 9.09. The van der Waals surface area contributed by atoms with Crippen molar-refractivity contribution >= 4 is 44.6 Å². The maximum absolute atomic E-state index is 5.16. The van der Waals surface area contributed by atoms with E-state index in [-0.39, 0.29) is 23.3 Å². The van der Waals surface area contributed by atoms with Gasteiger partial charge in [0.2, 0.25) is 11.7 Å². The molecule has 3 rings (SSSR count). The summed E-state index contributed by atoms with van der Waals surface area (Å²) in [5, 5.41) is 0.745. The summed E-state index contributed by atoms with van der Waals surface area (Å²) < 4.78 is 12.2. The number of nitrogens with zero attached hydrogens (tertiary/aromatic N) is 5. The molecular weight excluding hydrogens is 468 g/mol. The molecule has 0 fully saturated rings. The molecule has 0 spiro atoms. The molecule has 144 valence electrons. The van der Waals surface area contributed by atoms with E-state index in [1.165, 1.54) is 0 Å². The number of hydrogen-bond donors (Lipinski definition) is 1. The van der Waals surface area contributed by atoms with Crippen LogP contribution in [0.15, 0.2) is 49.3 Å². The van der Waals surface area contributed by atoms with Gasteiger partial charge in [-0.2, -0.15) is 0 Å². The zero-order chi connectivity index (χ0) is 18.3. The molecule has 0 saturated carbocycles. The summed E-state index contributed by atoms with van der Waals surface area (Å²) in [4.78, 5) is 15.3. The molecule has 0 aromatic carbocycles. The number of hydrogen-bond acceptors (Lipinski definition) is 7. The minimum absolute atomic E-state index is 0. The van der Waals surface area contributed by atoms with Crippen molar-refractivity contribution in [1.82, 2.24) is 24.3 Å². The van der Waals surface area contributed by atoms with E-state index in [1.807, 2.05) is 36.7 Å². The predicted molar refractivity (Wildman–Crippen MR) is 111 cm³/mol. The van der Waals surface area contributed by atoms with E-state index in [9.17, 15) is 0 Å². The Morgan fingerprint density at radius 3 is 2.00 bits per heavy atom. The van der Waals surface area contributed by atoms with Gasteiger partial charge in [-0.05, 0) is 26.0 Å². The van der Waals surface area contributed by atoms with Gasteiger partial charge in [0, 0.05) is 50.4 Å². The molecule has 8 nitrogen and oxygen atoms in total. The molecule has 3 aromatic rings. The second-order valence-corrected chi connectivity index (χ2v) is 5.00. The summed E-state index contributed by atoms with van der Waals surface area (Å²) in [5.41, 5.74) is 5.14. The third kappa shape index (κ3) is 10.4. The van der Waals surface area contributed by atoms with Crippen molar-refractivity contribution in [2.45, 2.75) is 20.1 Å². The number of imidazole rings is 1. The zero-order valence-electron chi connectivity index (χ0n) is 14.7. The number of ether oxygens (including phenoxy) is 2. The van der Waals surface area contributed by atoms with E-state index in [1.54, 1.807) is 30.9 Å². The van der Waals surface area contributed by atoms with Crippen LogP contribution in [0, 0.1) is 0 Å². The Hall–Kier alpha value is -1.62. The van der Waals surface area contributed by atoms with Crippen molar-refractivity contribution in [2.75, 3.05) is 24.3 Å². The molecule has 0 radical (unpaired) electrons. The number of anilines is 1. The van der Waals surface area contributed by atoms with Crippen LogP contribution in [0.3, 0.4) is 0 Å². The van der Waals surface area contributed by atoms with Crippen LogP contribution in [0.2, 0.25) is 0 Å². The number of nitrogens with two attached hydrogens (primary N) is 1. The second-order valence-electron chi connectivity index (χ2n) is 4.36. The van der Waals surface area contributed by atoms with Gasteiger partial charge in [-0.3, -0.25) is 4.40 Å². The topological polar surface area (TPSA) is 100 Å². The van der Waals surface area contributed by atoms with E-state index in [2.05, 4.69) is 35.9 Å². The molecule has 10 heteroatoms. The standard InChI is InChI=1S/C6H13BrO2.C6H5N3.C4H5N3.BrH/c1-3-8-6(5-7)9-4-2;1-2-7-6-8-3-5-9(6)4-1;5-4-6-2-1-3-7-4;/h6H,3-5H2,1-2H3;1-5H;1-3H,(H2,5,6,7);1H. The predicted octanol–water partition coefficient (Wildman–Crippen LogP) is 3.15. The molecule has 26 heavy (non-hydrogen) atoms. The Kier molecular flexibility index (Phi) is 14.6. The van der Waals surface area contributed by atoms with Crippen LogP contribution in [-0.2, 0) is 9.47 Å². The van der Waals surface area contributed by atoms with Crippen molar-refractivity contribution in [3.8, 4) is 0 Å². The van der Waals surface area contributed by atoms with E-state index in [4.69, 9.17) is 15.2 Å². The van der Waals surface area contributed by atoms with Crippen LogP contribution < -0.4 is 5.73 Å². The van der Waals surface area contributed by atoms with Crippen molar-refractivity contribution in [2.24, 2.45) is 0 Å². The molecule has 0 bridgehead atoms. The number of rotatable bonds is 5. The Morgan fingerprint density at radius 2 is 1.54 bits per heavy atom. The smallest absolute Gasteiger partial charge is 0.233 e. The van der Waals surface area contributed by atoms with Gasteiger partial charge in [0.1, 0.15) is 0 Å². The van der Waals surface area contributed by atoms with Gasteiger partial charge in [0.15, 0.2) is 6.29 Å².